The molecule has 2 nitrogen and oxygen atoms in total. The molecule has 2 rings (SSSR count). The fraction of sp³-hybridized carbons (Fsp3) is 0. The average Bonchev–Trinajstić information content (AvgIpc) is 2.45. The van der Waals surface area contributed by atoms with E-state index in [1.807, 2.05) is 6.07 Å². The lowest BCUT2D eigenvalue weighted by molar-refractivity contribution is 0.104. The maximum atomic E-state index is 12.8. The van der Waals surface area contributed by atoms with Crippen LogP contribution in [0.4, 0.5) is 4.39 Å². The number of nitrogens with zero attached hydrogens (tertiary/aromatic N) is 1. The summed E-state index contributed by atoms with van der Waals surface area (Å²) in [5.41, 5.74) is 0.893. The third-order valence-corrected chi connectivity index (χ3v) is 2.87. The van der Waals surface area contributed by atoms with Crippen LogP contribution in [0.5, 0.6) is 0 Å². The number of Topliss-reactive ketones (excluding diaryl/α,β-unsaturated/α-hetero) is 1. The highest BCUT2D eigenvalue weighted by molar-refractivity contribution is 6.30. The number of carbonyl (C=O) groups is 1. The van der Waals surface area contributed by atoms with E-state index in [0.29, 0.717) is 10.6 Å². The van der Waals surface area contributed by atoms with Crippen molar-refractivity contribution in [2.75, 3.05) is 0 Å². The molecule has 0 bridgehead atoms. The smallest absolute Gasteiger partial charge is 0.203 e. The van der Waals surface area contributed by atoms with Crippen LogP contribution in [-0.4, -0.2) is 5.78 Å². The number of nitriles is 1. The standard InChI is InChI=1S/C16H9ClFNO/c17-14-3-1-2-11(9-14)8-13(10-19)16(20)12-4-6-15(18)7-5-12/h1-9H/b13-8+. The van der Waals surface area contributed by atoms with Crippen LogP contribution >= 0.6 is 11.6 Å². The van der Waals surface area contributed by atoms with E-state index in [1.165, 1.54) is 30.3 Å². The van der Waals surface area contributed by atoms with Crippen LogP contribution in [0.15, 0.2) is 54.1 Å². The lowest BCUT2D eigenvalue weighted by Gasteiger charge is -2.00. The second-order valence-corrected chi connectivity index (χ2v) is 4.50. The Bertz CT molecular complexity index is 714. The van der Waals surface area contributed by atoms with Crippen molar-refractivity contribution in [3.05, 3.63) is 76.1 Å². The molecule has 0 aliphatic carbocycles. The van der Waals surface area contributed by atoms with Crippen LogP contribution in [0, 0.1) is 17.1 Å². The zero-order valence-corrected chi connectivity index (χ0v) is 11.1. The highest BCUT2D eigenvalue weighted by atomic mass is 35.5. The molecule has 0 unspecified atom stereocenters. The highest BCUT2D eigenvalue weighted by Crippen LogP contribution is 2.16. The maximum Gasteiger partial charge on any atom is 0.203 e. The molecule has 0 aliphatic heterocycles. The summed E-state index contributed by atoms with van der Waals surface area (Å²) < 4.78 is 12.8. The van der Waals surface area contributed by atoms with Gasteiger partial charge in [0.2, 0.25) is 5.78 Å². The van der Waals surface area contributed by atoms with Crippen molar-refractivity contribution in [1.29, 1.82) is 5.26 Å². The lowest BCUT2D eigenvalue weighted by atomic mass is 10.0. The van der Waals surface area contributed by atoms with E-state index >= 15 is 0 Å². The Kier molecular flexibility index (Phi) is 4.29. The molecule has 0 heterocycles. The molecular formula is C16H9ClFNO. The van der Waals surface area contributed by atoms with Crippen LogP contribution < -0.4 is 0 Å². The fourth-order valence-electron chi connectivity index (χ4n) is 1.67. The quantitative estimate of drug-likeness (QED) is 0.480. The van der Waals surface area contributed by atoms with E-state index in [9.17, 15) is 9.18 Å². The number of hydrogen-bond donors (Lipinski definition) is 0. The summed E-state index contributed by atoms with van der Waals surface area (Å²) in [4.78, 5) is 12.1. The Morgan fingerprint density at radius 2 is 1.90 bits per heavy atom. The van der Waals surface area contributed by atoms with E-state index in [0.717, 1.165) is 0 Å². The molecule has 0 fully saturated rings. The second-order valence-electron chi connectivity index (χ2n) is 4.06. The molecule has 0 saturated carbocycles. The van der Waals surface area contributed by atoms with Crippen LogP contribution in [0.25, 0.3) is 6.08 Å². The first-order chi connectivity index (χ1) is 9.60. The minimum atomic E-state index is -0.451. The van der Waals surface area contributed by atoms with Gasteiger partial charge in [-0.05, 0) is 48.0 Å². The maximum absolute atomic E-state index is 12.8. The lowest BCUT2D eigenvalue weighted by Crippen LogP contribution is -2.01. The number of halogens is 2. The Labute approximate surface area is 120 Å². The summed E-state index contributed by atoms with van der Waals surface area (Å²) in [5.74, 6) is -0.883. The average molecular weight is 286 g/mol. The number of benzene rings is 2. The summed E-state index contributed by atoms with van der Waals surface area (Å²) in [5, 5.41) is 9.62. The van der Waals surface area contributed by atoms with Gasteiger partial charge in [-0.1, -0.05) is 23.7 Å². The van der Waals surface area contributed by atoms with E-state index in [1.54, 1.807) is 24.3 Å². The van der Waals surface area contributed by atoms with Gasteiger partial charge in [0.1, 0.15) is 17.5 Å². The number of allylic oxidation sites excluding steroid dienone is 1. The normalized spacial score (nSPS) is 10.9. The predicted molar refractivity (Wildman–Crippen MR) is 75.8 cm³/mol. The Morgan fingerprint density at radius 1 is 1.20 bits per heavy atom. The highest BCUT2D eigenvalue weighted by Gasteiger charge is 2.12. The van der Waals surface area contributed by atoms with Gasteiger partial charge in [0.25, 0.3) is 0 Å². The van der Waals surface area contributed by atoms with Gasteiger partial charge in [-0.15, -0.1) is 0 Å². The van der Waals surface area contributed by atoms with Crippen molar-refractivity contribution in [3.63, 3.8) is 0 Å². The van der Waals surface area contributed by atoms with Gasteiger partial charge in [0.05, 0.1) is 0 Å². The van der Waals surface area contributed by atoms with Gasteiger partial charge in [0, 0.05) is 10.6 Å². The van der Waals surface area contributed by atoms with E-state index in [2.05, 4.69) is 0 Å². The van der Waals surface area contributed by atoms with Crippen LogP contribution in [0.3, 0.4) is 0 Å². The number of ketones is 1. The third-order valence-electron chi connectivity index (χ3n) is 2.63. The molecule has 2 aromatic rings. The topological polar surface area (TPSA) is 40.9 Å². The number of carbonyl (C=O) groups excluding carboxylic acids is 1. The van der Waals surface area contributed by atoms with Crippen molar-refractivity contribution in [2.45, 2.75) is 0 Å². The monoisotopic (exact) mass is 285 g/mol. The molecule has 20 heavy (non-hydrogen) atoms. The predicted octanol–water partition coefficient (Wildman–Crippen LogP) is 4.27. The summed E-state index contributed by atoms with van der Waals surface area (Å²) in [6, 6.07) is 13.7. The van der Waals surface area contributed by atoms with Crippen molar-refractivity contribution in [1.82, 2.24) is 0 Å². The first kappa shape index (κ1) is 14.0. The Morgan fingerprint density at radius 3 is 2.50 bits per heavy atom. The fourth-order valence-corrected chi connectivity index (χ4v) is 1.87. The molecule has 0 amide bonds. The Balaban J connectivity index is 2.35. The van der Waals surface area contributed by atoms with Gasteiger partial charge < -0.3 is 0 Å². The third kappa shape index (κ3) is 3.31. The first-order valence-electron chi connectivity index (χ1n) is 5.78. The van der Waals surface area contributed by atoms with Gasteiger partial charge in [-0.25, -0.2) is 4.39 Å². The molecule has 2 aromatic carbocycles. The van der Waals surface area contributed by atoms with Crippen LogP contribution in [0.2, 0.25) is 5.02 Å². The van der Waals surface area contributed by atoms with Gasteiger partial charge in [0.15, 0.2) is 0 Å². The summed E-state index contributed by atoms with van der Waals surface area (Å²) in [7, 11) is 0. The zero-order chi connectivity index (χ0) is 14.5. The molecule has 98 valence electrons. The number of hydrogen-bond acceptors (Lipinski definition) is 2. The van der Waals surface area contributed by atoms with Gasteiger partial charge >= 0.3 is 0 Å². The van der Waals surface area contributed by atoms with E-state index in [-0.39, 0.29) is 11.1 Å². The molecule has 4 heteroatoms. The number of rotatable bonds is 3. The molecule has 0 radical (unpaired) electrons. The molecule has 0 N–H and O–H groups in total. The zero-order valence-electron chi connectivity index (χ0n) is 10.3. The SMILES string of the molecule is N#C/C(=C\c1cccc(Cl)c1)C(=O)c1ccc(F)cc1. The molecule has 0 atom stereocenters. The molecule has 0 aliphatic rings. The van der Waals surface area contributed by atoms with Crippen molar-refractivity contribution in [2.24, 2.45) is 0 Å². The van der Waals surface area contributed by atoms with E-state index < -0.39 is 11.6 Å². The molecule has 0 spiro atoms. The summed E-state index contributed by atoms with van der Waals surface area (Å²) in [6.07, 6.45) is 1.46. The second kappa shape index (κ2) is 6.14. The first-order valence-corrected chi connectivity index (χ1v) is 6.15. The van der Waals surface area contributed by atoms with Gasteiger partial charge in [-0.3, -0.25) is 4.79 Å². The largest absolute Gasteiger partial charge is 0.288 e. The van der Waals surface area contributed by atoms with Crippen LogP contribution in [0.1, 0.15) is 15.9 Å². The summed E-state index contributed by atoms with van der Waals surface area (Å²) >= 11 is 5.85. The van der Waals surface area contributed by atoms with Crippen LogP contribution in [-0.2, 0) is 0 Å². The minimum Gasteiger partial charge on any atom is -0.288 e. The molecule has 0 aromatic heterocycles. The van der Waals surface area contributed by atoms with E-state index in [4.69, 9.17) is 16.9 Å². The Hall–Kier alpha value is -2.44. The minimum absolute atomic E-state index is 0.0288. The molecule has 0 saturated heterocycles. The summed E-state index contributed by atoms with van der Waals surface area (Å²) in [6.45, 7) is 0. The van der Waals surface area contributed by atoms with Gasteiger partial charge in [-0.2, -0.15) is 5.26 Å². The van der Waals surface area contributed by atoms with Crippen molar-refractivity contribution in [3.8, 4) is 6.07 Å². The molecular weight excluding hydrogens is 277 g/mol. The van der Waals surface area contributed by atoms with Crippen molar-refractivity contribution < 1.29 is 9.18 Å². The van der Waals surface area contributed by atoms with Crippen molar-refractivity contribution >= 4 is 23.5 Å².